The molecule has 0 fully saturated rings. The number of hydrogen-bond donors (Lipinski definition) is 3. The number of hydrogen-bond acceptors (Lipinski definition) is 4. The molecule has 0 aromatic carbocycles. The van der Waals surface area contributed by atoms with Gasteiger partial charge >= 0.3 is 6.72 Å². The zero-order valence-corrected chi connectivity index (χ0v) is 18.3. The van der Waals surface area contributed by atoms with Gasteiger partial charge in [-0.1, -0.05) is 90.4 Å². The summed E-state index contributed by atoms with van der Waals surface area (Å²) in [5.74, 6) is 0. The highest BCUT2D eigenvalue weighted by atomic mass is 32.5. The fourth-order valence-electron chi connectivity index (χ4n) is 2.88. The average Bonchev–Trinajstić information content (AvgIpc) is 2.60. The van der Waals surface area contributed by atoms with Crippen LogP contribution in [0.2, 0.25) is 0 Å². The van der Waals surface area contributed by atoms with Crippen molar-refractivity contribution in [2.75, 3.05) is 19.8 Å². The first-order valence-electron chi connectivity index (χ1n) is 10.4. The summed E-state index contributed by atoms with van der Waals surface area (Å²) in [4.78, 5) is 18.0. The SMILES string of the molecule is CCCCCCCCCCCCCCCCOC(CO)COP(O)(O)=S. The summed E-state index contributed by atoms with van der Waals surface area (Å²) < 4.78 is 10.2. The highest BCUT2D eigenvalue weighted by Gasteiger charge is 2.14. The highest BCUT2D eigenvalue weighted by molar-refractivity contribution is 8.06. The van der Waals surface area contributed by atoms with Crippen LogP contribution < -0.4 is 0 Å². The third-order valence-corrected chi connectivity index (χ3v) is 5.29. The Bertz CT molecular complexity index is 338. The van der Waals surface area contributed by atoms with E-state index in [0.29, 0.717) is 6.61 Å². The largest absolute Gasteiger partial charge is 0.394 e. The van der Waals surface area contributed by atoms with Crippen LogP contribution >= 0.6 is 6.72 Å². The van der Waals surface area contributed by atoms with Crippen LogP contribution in [0.3, 0.4) is 0 Å². The smallest absolute Gasteiger partial charge is 0.321 e. The molecule has 1 unspecified atom stereocenters. The Labute approximate surface area is 165 Å². The van der Waals surface area contributed by atoms with Crippen LogP contribution in [0.25, 0.3) is 0 Å². The van der Waals surface area contributed by atoms with Crippen molar-refractivity contribution in [2.45, 2.75) is 103 Å². The van der Waals surface area contributed by atoms with Crippen molar-refractivity contribution < 1.29 is 24.2 Å². The molecule has 26 heavy (non-hydrogen) atoms. The number of aliphatic hydroxyl groups excluding tert-OH is 1. The Kier molecular flexibility index (Phi) is 19.1. The molecule has 158 valence electrons. The Balaban J connectivity index is 3.26. The molecule has 0 saturated heterocycles. The van der Waals surface area contributed by atoms with Crippen molar-refractivity contribution in [3.05, 3.63) is 0 Å². The molecular formula is C19H41O5PS. The van der Waals surface area contributed by atoms with E-state index in [-0.39, 0.29) is 13.2 Å². The van der Waals surface area contributed by atoms with Gasteiger partial charge in [0.2, 0.25) is 0 Å². The first-order chi connectivity index (χ1) is 12.5. The van der Waals surface area contributed by atoms with Crippen molar-refractivity contribution in [3.8, 4) is 0 Å². The molecule has 0 aliphatic rings. The molecule has 0 amide bonds. The monoisotopic (exact) mass is 412 g/mol. The summed E-state index contributed by atoms with van der Waals surface area (Å²) in [6.45, 7) is -1.15. The van der Waals surface area contributed by atoms with Gasteiger partial charge in [-0.05, 0) is 18.2 Å². The standard InChI is InChI=1S/C19H41O5PS/c1-2-3-4-5-6-7-8-9-10-11-12-13-14-15-16-23-19(17-20)18-24-25(21,22)26/h19-20H,2-18H2,1H3,(H2,21,22,26). The summed E-state index contributed by atoms with van der Waals surface area (Å²) in [6.07, 6.45) is 17.8. The van der Waals surface area contributed by atoms with E-state index in [0.717, 1.165) is 12.8 Å². The molecule has 0 saturated carbocycles. The molecule has 7 heteroatoms. The second-order valence-electron chi connectivity index (χ2n) is 7.06. The van der Waals surface area contributed by atoms with Gasteiger partial charge in [-0.2, -0.15) is 0 Å². The Morgan fingerprint density at radius 3 is 1.58 bits per heavy atom. The second kappa shape index (κ2) is 18.8. The summed E-state index contributed by atoms with van der Waals surface area (Å²) in [7, 11) is 0. The van der Waals surface area contributed by atoms with Crippen LogP contribution in [-0.4, -0.2) is 40.8 Å². The Hall–Kier alpha value is 0.450. The van der Waals surface area contributed by atoms with Gasteiger partial charge in [0, 0.05) is 6.61 Å². The van der Waals surface area contributed by atoms with Crippen LogP contribution in [0, 0.1) is 0 Å². The van der Waals surface area contributed by atoms with E-state index in [1.54, 1.807) is 0 Å². The lowest BCUT2D eigenvalue weighted by Crippen LogP contribution is -2.24. The van der Waals surface area contributed by atoms with Crippen LogP contribution in [-0.2, 0) is 21.1 Å². The summed E-state index contributed by atoms with van der Waals surface area (Å²) >= 11 is 4.36. The molecule has 0 spiro atoms. The van der Waals surface area contributed by atoms with Crippen molar-refractivity contribution in [1.29, 1.82) is 0 Å². The maximum absolute atomic E-state index is 9.15. The molecule has 3 N–H and O–H groups in total. The van der Waals surface area contributed by atoms with Gasteiger partial charge in [-0.3, -0.25) is 0 Å². The van der Waals surface area contributed by atoms with Crippen LogP contribution in [0.5, 0.6) is 0 Å². The van der Waals surface area contributed by atoms with E-state index < -0.39 is 12.8 Å². The van der Waals surface area contributed by atoms with Gasteiger partial charge in [-0.25, -0.2) is 0 Å². The minimum atomic E-state index is -3.67. The third-order valence-electron chi connectivity index (χ3n) is 4.48. The first-order valence-corrected chi connectivity index (χ1v) is 13.0. The Morgan fingerprint density at radius 1 is 0.769 bits per heavy atom. The topological polar surface area (TPSA) is 79.2 Å². The van der Waals surface area contributed by atoms with Gasteiger partial charge in [0.15, 0.2) is 0 Å². The third kappa shape index (κ3) is 20.8. The number of ether oxygens (including phenoxy) is 1. The predicted octanol–water partition coefficient (Wildman–Crippen LogP) is 5.07. The predicted molar refractivity (Wildman–Crippen MR) is 112 cm³/mol. The average molecular weight is 413 g/mol. The summed E-state index contributed by atoms with van der Waals surface area (Å²) in [5.41, 5.74) is 0. The first kappa shape index (κ1) is 26.4. The van der Waals surface area contributed by atoms with Crippen LogP contribution in [0.15, 0.2) is 0 Å². The number of aliphatic hydroxyl groups is 1. The van der Waals surface area contributed by atoms with E-state index in [1.807, 2.05) is 0 Å². The molecule has 0 rings (SSSR count). The lowest BCUT2D eigenvalue weighted by molar-refractivity contribution is -0.0172. The lowest BCUT2D eigenvalue weighted by atomic mass is 10.0. The van der Waals surface area contributed by atoms with Crippen LogP contribution in [0.1, 0.15) is 96.8 Å². The van der Waals surface area contributed by atoms with Crippen LogP contribution in [0.4, 0.5) is 0 Å². The number of unbranched alkanes of at least 4 members (excludes halogenated alkanes) is 13. The molecule has 0 bridgehead atoms. The normalized spacial score (nSPS) is 13.2. The number of rotatable bonds is 20. The minimum absolute atomic E-state index is 0.0839. The fraction of sp³-hybridized carbons (Fsp3) is 1.00. The van der Waals surface area contributed by atoms with Crippen molar-refractivity contribution >= 4 is 18.5 Å². The molecular weight excluding hydrogens is 371 g/mol. The minimum Gasteiger partial charge on any atom is -0.394 e. The van der Waals surface area contributed by atoms with Gasteiger partial charge in [0.25, 0.3) is 0 Å². The molecule has 1 atom stereocenters. The fourth-order valence-corrected chi connectivity index (χ4v) is 3.42. The van der Waals surface area contributed by atoms with E-state index >= 15 is 0 Å². The highest BCUT2D eigenvalue weighted by Crippen LogP contribution is 2.36. The maximum Gasteiger partial charge on any atom is 0.321 e. The van der Waals surface area contributed by atoms with Gasteiger partial charge in [0.1, 0.15) is 6.10 Å². The van der Waals surface area contributed by atoms with E-state index in [1.165, 1.54) is 77.0 Å². The van der Waals surface area contributed by atoms with Gasteiger partial charge in [0.05, 0.1) is 13.2 Å². The molecule has 0 aliphatic carbocycles. The summed E-state index contributed by atoms with van der Waals surface area (Å²) in [5, 5.41) is 9.15. The van der Waals surface area contributed by atoms with Gasteiger partial charge < -0.3 is 24.2 Å². The van der Waals surface area contributed by atoms with Crippen molar-refractivity contribution in [3.63, 3.8) is 0 Å². The lowest BCUT2D eigenvalue weighted by Gasteiger charge is -2.17. The zero-order chi connectivity index (χ0) is 19.5. The molecule has 0 radical (unpaired) electrons. The van der Waals surface area contributed by atoms with Crippen molar-refractivity contribution in [1.82, 2.24) is 0 Å². The van der Waals surface area contributed by atoms with E-state index in [2.05, 4.69) is 18.7 Å². The van der Waals surface area contributed by atoms with Gasteiger partial charge in [-0.15, -0.1) is 0 Å². The van der Waals surface area contributed by atoms with E-state index in [4.69, 9.17) is 24.2 Å². The van der Waals surface area contributed by atoms with Crippen molar-refractivity contribution in [2.24, 2.45) is 0 Å². The molecule has 0 aromatic heterocycles. The molecule has 0 aromatic rings. The zero-order valence-electron chi connectivity index (χ0n) is 16.6. The molecule has 0 heterocycles. The van der Waals surface area contributed by atoms with E-state index in [9.17, 15) is 0 Å². The summed E-state index contributed by atoms with van der Waals surface area (Å²) in [6, 6.07) is 0. The molecule has 0 aliphatic heterocycles. The molecule has 5 nitrogen and oxygen atoms in total. The maximum atomic E-state index is 9.15. The quantitative estimate of drug-likeness (QED) is 0.191. The second-order valence-corrected chi connectivity index (χ2v) is 9.72. The Morgan fingerprint density at radius 2 is 1.19 bits per heavy atom.